The summed E-state index contributed by atoms with van der Waals surface area (Å²) in [6.07, 6.45) is 7.31. The summed E-state index contributed by atoms with van der Waals surface area (Å²) in [5.74, 6) is 2.83. The number of imide groups is 1. The molecule has 2 amide bonds. The maximum absolute atomic E-state index is 12.8. The van der Waals surface area contributed by atoms with Crippen molar-refractivity contribution in [2.24, 2.45) is 40.5 Å². The molecule has 3 fully saturated rings. The third-order valence-corrected chi connectivity index (χ3v) is 7.38. The van der Waals surface area contributed by atoms with E-state index in [2.05, 4.69) is 53.4 Å². The fraction of sp³-hybridized carbons (Fsp3) is 0.792. The van der Waals surface area contributed by atoms with Gasteiger partial charge in [0.1, 0.15) is 0 Å². The zero-order valence-electron chi connectivity index (χ0n) is 19.8. The molecule has 2 aliphatic carbocycles. The topological polar surface area (TPSA) is 77.0 Å². The number of fused-ring (bicyclic) bond motifs is 5. The molecule has 4 aliphatic rings. The van der Waals surface area contributed by atoms with E-state index in [1.165, 1.54) is 24.4 Å². The van der Waals surface area contributed by atoms with Gasteiger partial charge in [0.15, 0.2) is 5.96 Å². The number of piperidine rings is 1. The molecule has 6 atom stereocenters. The van der Waals surface area contributed by atoms with Gasteiger partial charge in [-0.25, -0.2) is 0 Å². The van der Waals surface area contributed by atoms with E-state index in [0.29, 0.717) is 19.5 Å². The zero-order valence-corrected chi connectivity index (χ0v) is 22.1. The highest BCUT2D eigenvalue weighted by molar-refractivity contribution is 14.0. The molecule has 0 radical (unpaired) electrons. The molecule has 32 heavy (non-hydrogen) atoms. The Morgan fingerprint density at radius 2 is 1.62 bits per heavy atom. The number of guanidine groups is 1. The standard InChI is InChI=1S/C24H39N5O2.HI/c1-4-25-24(27-9-11-28-14-16(2)12-17(3)15-28)26-8-5-10-29-22(30)20-18-6-7-19(13-18)21(20)23(29)31;/h6-7,16-21H,4-5,8-15H2,1-3H3,(H2,25,26,27);1H. The van der Waals surface area contributed by atoms with Crippen LogP contribution in [-0.2, 0) is 9.59 Å². The molecule has 6 unspecified atom stereocenters. The van der Waals surface area contributed by atoms with Crippen molar-refractivity contribution in [3.63, 3.8) is 0 Å². The number of allylic oxidation sites excluding steroid dienone is 2. The van der Waals surface area contributed by atoms with Crippen LogP contribution < -0.4 is 10.6 Å². The Labute approximate surface area is 209 Å². The summed E-state index contributed by atoms with van der Waals surface area (Å²) >= 11 is 0. The van der Waals surface area contributed by atoms with Gasteiger partial charge in [0.2, 0.25) is 11.8 Å². The van der Waals surface area contributed by atoms with Gasteiger partial charge in [0.25, 0.3) is 0 Å². The number of nitrogens with zero attached hydrogens (tertiary/aromatic N) is 3. The van der Waals surface area contributed by atoms with Crippen molar-refractivity contribution in [3.8, 4) is 0 Å². The quantitative estimate of drug-likeness (QED) is 0.120. The molecular weight excluding hydrogens is 517 g/mol. The average molecular weight is 558 g/mol. The molecule has 1 saturated carbocycles. The minimum atomic E-state index is -0.0924. The number of carbonyl (C=O) groups excluding carboxylic acids is 2. The van der Waals surface area contributed by atoms with Crippen LogP contribution in [0.15, 0.2) is 17.1 Å². The van der Waals surface area contributed by atoms with Gasteiger partial charge in [-0.15, -0.1) is 24.0 Å². The first-order valence-corrected chi connectivity index (χ1v) is 12.3. The summed E-state index contributed by atoms with van der Waals surface area (Å²) in [5, 5.41) is 6.74. The summed E-state index contributed by atoms with van der Waals surface area (Å²) in [5.41, 5.74) is 0. The first-order valence-electron chi connectivity index (χ1n) is 12.3. The minimum absolute atomic E-state index is 0. The number of nitrogens with one attached hydrogen (secondary N) is 2. The number of aliphatic imine (C=N–C) groups is 1. The molecule has 0 aromatic rings. The van der Waals surface area contributed by atoms with Crippen LogP contribution in [0.3, 0.4) is 0 Å². The second-order valence-electron chi connectivity index (χ2n) is 10.1. The van der Waals surface area contributed by atoms with E-state index in [9.17, 15) is 9.59 Å². The molecule has 0 aromatic carbocycles. The largest absolute Gasteiger partial charge is 0.357 e. The number of rotatable bonds is 8. The molecule has 7 nitrogen and oxygen atoms in total. The summed E-state index contributed by atoms with van der Waals surface area (Å²) in [7, 11) is 0. The Kier molecular flexibility index (Phi) is 9.00. The van der Waals surface area contributed by atoms with Gasteiger partial charge < -0.3 is 15.5 Å². The van der Waals surface area contributed by atoms with E-state index in [-0.39, 0.29) is 59.5 Å². The molecule has 2 bridgehead atoms. The van der Waals surface area contributed by atoms with E-state index in [1.54, 1.807) is 0 Å². The molecule has 2 heterocycles. The molecule has 8 heteroatoms. The SMILES string of the molecule is CCNC(=NCCCN1C(=O)C2C3C=CC(C3)C2C1=O)NCCN1CC(C)CC(C)C1.I. The van der Waals surface area contributed by atoms with E-state index in [0.717, 1.165) is 43.9 Å². The van der Waals surface area contributed by atoms with Crippen molar-refractivity contribution >= 4 is 41.8 Å². The molecule has 2 aliphatic heterocycles. The van der Waals surface area contributed by atoms with Crippen molar-refractivity contribution < 1.29 is 9.59 Å². The molecule has 0 aromatic heterocycles. The number of hydrogen-bond acceptors (Lipinski definition) is 4. The highest BCUT2D eigenvalue weighted by Gasteiger charge is 2.58. The summed E-state index contributed by atoms with van der Waals surface area (Å²) in [6.45, 7) is 12.9. The fourth-order valence-electron chi connectivity index (χ4n) is 6.25. The highest BCUT2D eigenvalue weighted by atomic mass is 127. The smallest absolute Gasteiger partial charge is 0.233 e. The third kappa shape index (κ3) is 5.48. The van der Waals surface area contributed by atoms with Gasteiger partial charge in [-0.05, 0) is 49.9 Å². The van der Waals surface area contributed by atoms with Crippen LogP contribution in [-0.4, -0.2) is 73.4 Å². The predicted octanol–water partition coefficient (Wildman–Crippen LogP) is 2.33. The van der Waals surface area contributed by atoms with Gasteiger partial charge in [0.05, 0.1) is 11.8 Å². The van der Waals surface area contributed by atoms with Crippen LogP contribution in [0.2, 0.25) is 0 Å². The van der Waals surface area contributed by atoms with Crippen molar-refractivity contribution in [3.05, 3.63) is 12.2 Å². The lowest BCUT2D eigenvalue weighted by molar-refractivity contribution is -0.140. The lowest BCUT2D eigenvalue weighted by atomic mass is 9.85. The maximum atomic E-state index is 12.8. The van der Waals surface area contributed by atoms with Crippen LogP contribution in [0.1, 0.15) is 40.0 Å². The molecule has 2 saturated heterocycles. The van der Waals surface area contributed by atoms with Crippen LogP contribution >= 0.6 is 24.0 Å². The maximum Gasteiger partial charge on any atom is 0.233 e. The second kappa shape index (κ2) is 11.3. The number of amides is 2. The van der Waals surface area contributed by atoms with E-state index >= 15 is 0 Å². The molecular formula is C24H40IN5O2. The summed E-state index contributed by atoms with van der Waals surface area (Å²) < 4.78 is 0. The first kappa shape index (κ1) is 25.5. The number of likely N-dealkylation sites (tertiary alicyclic amines) is 2. The Morgan fingerprint density at radius 1 is 1.00 bits per heavy atom. The number of carbonyl (C=O) groups is 2. The fourth-order valence-corrected chi connectivity index (χ4v) is 6.25. The van der Waals surface area contributed by atoms with Gasteiger partial charge in [-0.1, -0.05) is 26.0 Å². The second-order valence-corrected chi connectivity index (χ2v) is 10.1. The average Bonchev–Trinajstić information content (AvgIpc) is 3.39. The van der Waals surface area contributed by atoms with Gasteiger partial charge >= 0.3 is 0 Å². The number of hydrogen-bond donors (Lipinski definition) is 2. The molecule has 2 N–H and O–H groups in total. The normalized spacial score (nSPS) is 34.1. The van der Waals surface area contributed by atoms with Crippen molar-refractivity contribution in [2.45, 2.75) is 40.0 Å². The molecule has 4 rings (SSSR count). The Balaban J connectivity index is 0.00000289. The Morgan fingerprint density at radius 3 is 2.22 bits per heavy atom. The zero-order chi connectivity index (χ0) is 22.0. The minimum Gasteiger partial charge on any atom is -0.357 e. The van der Waals surface area contributed by atoms with E-state index in [1.807, 2.05) is 0 Å². The lowest BCUT2D eigenvalue weighted by Crippen LogP contribution is -2.45. The Bertz CT molecular complexity index is 702. The van der Waals surface area contributed by atoms with E-state index < -0.39 is 0 Å². The van der Waals surface area contributed by atoms with E-state index in [4.69, 9.17) is 0 Å². The highest BCUT2D eigenvalue weighted by Crippen LogP contribution is 2.52. The van der Waals surface area contributed by atoms with Crippen molar-refractivity contribution in [1.29, 1.82) is 0 Å². The van der Waals surface area contributed by atoms with Gasteiger partial charge in [-0.2, -0.15) is 0 Å². The number of halogens is 1. The summed E-state index contributed by atoms with van der Waals surface area (Å²) in [6, 6.07) is 0. The van der Waals surface area contributed by atoms with Crippen molar-refractivity contribution in [2.75, 3.05) is 45.8 Å². The monoisotopic (exact) mass is 557 g/mol. The van der Waals surface area contributed by atoms with Gasteiger partial charge in [-0.3, -0.25) is 19.5 Å². The van der Waals surface area contributed by atoms with Gasteiger partial charge in [0, 0.05) is 45.8 Å². The third-order valence-electron chi connectivity index (χ3n) is 7.38. The van der Waals surface area contributed by atoms with Crippen LogP contribution in [0, 0.1) is 35.5 Å². The van der Waals surface area contributed by atoms with Crippen LogP contribution in [0.4, 0.5) is 0 Å². The summed E-state index contributed by atoms with van der Waals surface area (Å²) in [4.78, 5) is 34.2. The first-order chi connectivity index (χ1) is 15.0. The molecule has 0 spiro atoms. The van der Waals surface area contributed by atoms with Crippen LogP contribution in [0.25, 0.3) is 0 Å². The lowest BCUT2D eigenvalue weighted by Gasteiger charge is -2.35. The molecule has 180 valence electrons. The predicted molar refractivity (Wildman–Crippen MR) is 138 cm³/mol. The van der Waals surface area contributed by atoms with Crippen LogP contribution in [0.5, 0.6) is 0 Å². The van der Waals surface area contributed by atoms with Crippen molar-refractivity contribution in [1.82, 2.24) is 20.4 Å². The Hall–Kier alpha value is -1.16.